The molecule has 0 aliphatic carbocycles. The number of aromatic nitrogens is 2. The third-order valence-corrected chi connectivity index (χ3v) is 9.31. The van der Waals surface area contributed by atoms with Crippen LogP contribution < -0.4 is 21.5 Å². The predicted molar refractivity (Wildman–Crippen MR) is 195 cm³/mol. The quantitative estimate of drug-likeness (QED) is 0.147. The third kappa shape index (κ3) is 6.19. The number of hydrogen-bond donors (Lipinski definition) is 0. The molecule has 0 amide bonds. The molecule has 1 aromatic heterocycles. The summed E-state index contributed by atoms with van der Waals surface area (Å²) in [5, 5.41) is 5.02. The van der Waals surface area contributed by atoms with Crippen molar-refractivity contribution in [3.05, 3.63) is 185 Å². The molecule has 0 aliphatic rings. The van der Waals surface area contributed by atoms with Gasteiger partial charge in [-0.1, -0.05) is 149 Å². The van der Waals surface area contributed by atoms with Crippen LogP contribution in [0.5, 0.6) is 0 Å². The molecular weight excluding hydrogens is 704 g/mol. The molecule has 2 nitrogen and oxygen atoms in total. The van der Waals surface area contributed by atoms with E-state index in [1.165, 1.54) is 66.6 Å². The summed E-state index contributed by atoms with van der Waals surface area (Å²) < 4.78 is 6.13. The maximum atomic E-state index is 3.69. The van der Waals surface area contributed by atoms with Crippen LogP contribution in [0.1, 0.15) is 11.1 Å². The van der Waals surface area contributed by atoms with E-state index in [1.54, 1.807) is 0 Å². The van der Waals surface area contributed by atoms with E-state index < -0.39 is 0 Å². The SMILES string of the molecule is Brc1ccc(-c2n(Cc3ccc4ccccc4c3)c(-c3ccccc3)c(-c3ccccc3)[n+]2Cc2ccc3ccccc3c2)cc1.[Br-]. The number of benzene rings is 7. The first-order valence-electron chi connectivity index (χ1n) is 15.7. The van der Waals surface area contributed by atoms with Gasteiger partial charge in [-0.2, -0.15) is 0 Å². The van der Waals surface area contributed by atoms with Crippen molar-refractivity contribution < 1.29 is 21.5 Å². The maximum absolute atomic E-state index is 3.69. The number of rotatable bonds is 7. The average molecular weight is 737 g/mol. The Kier molecular flexibility index (Phi) is 8.88. The van der Waals surface area contributed by atoms with E-state index in [1.807, 2.05) is 0 Å². The Morgan fingerprint density at radius 3 is 1.60 bits per heavy atom. The van der Waals surface area contributed by atoms with Crippen LogP contribution in [-0.4, -0.2) is 4.57 Å². The highest BCUT2D eigenvalue weighted by Gasteiger charge is 2.34. The van der Waals surface area contributed by atoms with Crippen molar-refractivity contribution >= 4 is 37.5 Å². The summed E-state index contributed by atoms with van der Waals surface area (Å²) >= 11 is 3.69. The number of fused-ring (bicyclic) bond motifs is 2. The minimum Gasteiger partial charge on any atom is -1.00 e. The predicted octanol–water partition coefficient (Wildman–Crippen LogP) is 7.95. The highest BCUT2D eigenvalue weighted by molar-refractivity contribution is 9.10. The van der Waals surface area contributed by atoms with Crippen LogP contribution in [0.4, 0.5) is 0 Å². The molecule has 7 aromatic carbocycles. The summed E-state index contributed by atoms with van der Waals surface area (Å²) in [6, 6.07) is 61.4. The lowest BCUT2D eigenvalue weighted by Crippen LogP contribution is -3.00. The fourth-order valence-electron chi connectivity index (χ4n) is 6.65. The van der Waals surface area contributed by atoms with Crippen LogP contribution >= 0.6 is 15.9 Å². The standard InChI is InChI=1S/C43H32BrN2.BrH/c44-40-25-23-37(24-26-40)43-45(29-31-19-21-33-11-7-9-17-38(33)27-31)41(35-13-3-1-4-14-35)42(36-15-5-2-6-16-36)46(43)30-32-20-22-34-12-8-10-18-39(34)28-32;/h1-28H,29-30H2;1H/q+1;/p-1. The van der Waals surface area contributed by atoms with Crippen molar-refractivity contribution in [1.29, 1.82) is 0 Å². The number of nitrogens with zero attached hydrogens (tertiary/aromatic N) is 2. The zero-order valence-corrected chi connectivity index (χ0v) is 28.9. The molecule has 0 spiro atoms. The van der Waals surface area contributed by atoms with Crippen LogP contribution in [0.25, 0.3) is 55.4 Å². The van der Waals surface area contributed by atoms with Crippen LogP contribution in [-0.2, 0) is 13.1 Å². The van der Waals surface area contributed by atoms with Crippen LogP contribution in [0.3, 0.4) is 0 Å². The first kappa shape index (κ1) is 30.9. The van der Waals surface area contributed by atoms with Gasteiger partial charge in [0, 0.05) is 15.6 Å². The second-order valence-corrected chi connectivity index (χ2v) is 12.7. The van der Waals surface area contributed by atoms with Gasteiger partial charge in [-0.05, 0) is 69.1 Å². The average Bonchev–Trinajstić information content (AvgIpc) is 3.42. The fourth-order valence-corrected chi connectivity index (χ4v) is 6.91. The van der Waals surface area contributed by atoms with Crippen molar-refractivity contribution in [2.75, 3.05) is 0 Å². The zero-order valence-electron chi connectivity index (χ0n) is 25.7. The van der Waals surface area contributed by atoms with E-state index in [2.05, 4.69) is 195 Å². The smallest absolute Gasteiger partial charge is 0.290 e. The minimum absolute atomic E-state index is 0. The molecule has 0 aliphatic heterocycles. The van der Waals surface area contributed by atoms with Gasteiger partial charge in [0.15, 0.2) is 11.4 Å². The second-order valence-electron chi connectivity index (χ2n) is 11.8. The van der Waals surface area contributed by atoms with Gasteiger partial charge in [0.25, 0.3) is 5.82 Å². The van der Waals surface area contributed by atoms with Crippen molar-refractivity contribution in [1.82, 2.24) is 4.57 Å². The lowest BCUT2D eigenvalue weighted by Gasteiger charge is -2.09. The van der Waals surface area contributed by atoms with Crippen molar-refractivity contribution in [3.63, 3.8) is 0 Å². The number of imidazole rings is 1. The number of hydrogen-bond acceptors (Lipinski definition) is 0. The van der Waals surface area contributed by atoms with E-state index in [0.29, 0.717) is 0 Å². The first-order chi connectivity index (χ1) is 22.7. The molecule has 1 heterocycles. The lowest BCUT2D eigenvalue weighted by atomic mass is 10.0. The van der Waals surface area contributed by atoms with Gasteiger partial charge in [-0.25, -0.2) is 9.13 Å². The van der Waals surface area contributed by atoms with Crippen LogP contribution in [0.2, 0.25) is 0 Å². The van der Waals surface area contributed by atoms with Gasteiger partial charge in [0.05, 0.1) is 5.56 Å². The summed E-state index contributed by atoms with van der Waals surface area (Å²) in [4.78, 5) is 0. The normalized spacial score (nSPS) is 11.1. The Balaban J connectivity index is 0.00000351. The molecule has 0 saturated heterocycles. The molecule has 47 heavy (non-hydrogen) atoms. The Morgan fingerprint density at radius 2 is 0.979 bits per heavy atom. The van der Waals surface area contributed by atoms with Gasteiger partial charge in [-0.3, -0.25) is 0 Å². The third-order valence-electron chi connectivity index (χ3n) is 8.78. The van der Waals surface area contributed by atoms with E-state index >= 15 is 0 Å². The zero-order chi connectivity index (χ0) is 30.9. The monoisotopic (exact) mass is 734 g/mol. The van der Waals surface area contributed by atoms with E-state index in [0.717, 1.165) is 17.6 Å². The molecule has 0 N–H and O–H groups in total. The highest BCUT2D eigenvalue weighted by atomic mass is 79.9. The van der Waals surface area contributed by atoms with Gasteiger partial charge in [0.2, 0.25) is 0 Å². The van der Waals surface area contributed by atoms with E-state index in [9.17, 15) is 0 Å². The molecular formula is C43H32Br2N2. The van der Waals surface area contributed by atoms with Gasteiger partial charge in [-0.15, -0.1) is 0 Å². The summed E-state index contributed by atoms with van der Waals surface area (Å²) in [7, 11) is 0. The van der Waals surface area contributed by atoms with E-state index in [-0.39, 0.29) is 17.0 Å². The maximum Gasteiger partial charge on any atom is 0.290 e. The van der Waals surface area contributed by atoms with Gasteiger partial charge < -0.3 is 17.0 Å². The fraction of sp³-hybridized carbons (Fsp3) is 0.0465. The Morgan fingerprint density at radius 1 is 0.468 bits per heavy atom. The lowest BCUT2D eigenvalue weighted by molar-refractivity contribution is -0.665. The van der Waals surface area contributed by atoms with Crippen molar-refractivity contribution in [3.8, 4) is 33.9 Å². The molecule has 228 valence electrons. The Bertz CT molecular complexity index is 2170. The van der Waals surface area contributed by atoms with Gasteiger partial charge in [0.1, 0.15) is 13.1 Å². The van der Waals surface area contributed by atoms with Crippen molar-refractivity contribution in [2.24, 2.45) is 0 Å². The summed E-state index contributed by atoms with van der Waals surface area (Å²) in [6.45, 7) is 1.45. The molecule has 8 rings (SSSR count). The molecule has 0 unspecified atom stereocenters. The topological polar surface area (TPSA) is 8.81 Å². The second kappa shape index (κ2) is 13.5. The molecule has 0 saturated carbocycles. The molecule has 8 aromatic rings. The molecule has 4 heteroatoms. The molecule has 0 atom stereocenters. The summed E-state index contributed by atoms with van der Waals surface area (Å²) in [5.74, 6) is 1.17. The highest BCUT2D eigenvalue weighted by Crippen LogP contribution is 2.37. The van der Waals surface area contributed by atoms with E-state index in [4.69, 9.17) is 0 Å². The van der Waals surface area contributed by atoms with Crippen LogP contribution in [0, 0.1) is 0 Å². The van der Waals surface area contributed by atoms with Crippen molar-refractivity contribution in [2.45, 2.75) is 13.1 Å². The largest absolute Gasteiger partial charge is 1.00 e. The molecule has 0 radical (unpaired) electrons. The minimum atomic E-state index is 0. The summed E-state index contributed by atoms with van der Waals surface area (Å²) in [5.41, 5.74) is 8.50. The Labute approximate surface area is 294 Å². The Hall–Kier alpha value is -4.77. The number of halogens is 2. The molecule has 0 fully saturated rings. The van der Waals surface area contributed by atoms with Crippen LogP contribution in [0.15, 0.2) is 174 Å². The molecule has 0 bridgehead atoms. The summed E-state index contributed by atoms with van der Waals surface area (Å²) in [6.07, 6.45) is 0. The first-order valence-corrected chi connectivity index (χ1v) is 16.5. The van der Waals surface area contributed by atoms with Gasteiger partial charge >= 0.3 is 0 Å².